The Morgan fingerprint density at radius 1 is 0.792 bits per heavy atom. The molecule has 0 aromatic heterocycles. The lowest BCUT2D eigenvalue weighted by atomic mass is 9.96. The van der Waals surface area contributed by atoms with Crippen molar-refractivity contribution in [2.24, 2.45) is 0 Å². The molecule has 1 saturated heterocycles. The lowest BCUT2D eigenvalue weighted by Crippen LogP contribution is -2.51. The monoisotopic (exact) mass is 362 g/mol. The second kappa shape index (κ2) is 8.02. The van der Waals surface area contributed by atoms with Gasteiger partial charge in [-0.1, -0.05) is 83.9 Å². The number of alkyl halides is 2. The molecular weight excluding hydrogens is 343 g/mol. The lowest BCUT2D eigenvalue weighted by Gasteiger charge is -2.40. The molecule has 1 aliphatic heterocycles. The Morgan fingerprint density at radius 2 is 1.25 bits per heavy atom. The first-order valence-electron chi connectivity index (χ1n) is 8.07. The zero-order valence-electron chi connectivity index (χ0n) is 13.3. The van der Waals surface area contributed by atoms with Crippen LogP contribution in [0.5, 0.6) is 0 Å². The number of piperazine rings is 1. The number of carbonyl (C=O) groups is 1. The van der Waals surface area contributed by atoms with E-state index in [0.717, 1.165) is 13.1 Å². The van der Waals surface area contributed by atoms with E-state index in [2.05, 4.69) is 53.4 Å². The first-order valence-corrected chi connectivity index (χ1v) is 8.95. The highest BCUT2D eigenvalue weighted by molar-refractivity contribution is 6.53. The Morgan fingerprint density at radius 3 is 1.67 bits per heavy atom. The molecule has 0 aliphatic carbocycles. The van der Waals surface area contributed by atoms with Crippen LogP contribution in [-0.2, 0) is 4.79 Å². The van der Waals surface area contributed by atoms with Crippen LogP contribution in [-0.4, -0.2) is 46.7 Å². The maximum Gasteiger partial charge on any atom is 0.255 e. The number of rotatable bonds is 4. The zero-order valence-corrected chi connectivity index (χ0v) is 14.8. The quantitative estimate of drug-likeness (QED) is 0.773. The van der Waals surface area contributed by atoms with Crippen LogP contribution in [0.4, 0.5) is 0 Å². The predicted octanol–water partition coefficient (Wildman–Crippen LogP) is 3.72. The topological polar surface area (TPSA) is 23.6 Å². The average molecular weight is 363 g/mol. The molecule has 1 fully saturated rings. The van der Waals surface area contributed by atoms with Crippen molar-refractivity contribution < 1.29 is 4.79 Å². The van der Waals surface area contributed by atoms with Gasteiger partial charge in [-0.2, -0.15) is 0 Å². The maximum atomic E-state index is 12.0. The Balaban J connectivity index is 1.80. The molecule has 126 valence electrons. The molecular formula is C19H20Cl2N2O. The molecule has 0 N–H and O–H groups in total. The number of amides is 1. The summed E-state index contributed by atoms with van der Waals surface area (Å²) in [5, 5.41) is 0. The smallest absolute Gasteiger partial charge is 0.255 e. The molecule has 0 spiro atoms. The Bertz CT molecular complexity index is 616. The van der Waals surface area contributed by atoms with Gasteiger partial charge in [0.15, 0.2) is 4.84 Å². The molecule has 0 unspecified atom stereocenters. The summed E-state index contributed by atoms with van der Waals surface area (Å²) in [6.45, 7) is 2.87. The van der Waals surface area contributed by atoms with Crippen LogP contribution in [0.2, 0.25) is 0 Å². The van der Waals surface area contributed by atoms with Crippen molar-refractivity contribution >= 4 is 29.1 Å². The summed E-state index contributed by atoms with van der Waals surface area (Å²) in [5.41, 5.74) is 2.52. The fourth-order valence-corrected chi connectivity index (χ4v) is 3.50. The van der Waals surface area contributed by atoms with Crippen molar-refractivity contribution in [3.8, 4) is 0 Å². The Hall–Kier alpha value is -1.55. The normalized spacial score (nSPS) is 15.9. The molecule has 1 amide bonds. The van der Waals surface area contributed by atoms with Gasteiger partial charge in [0.2, 0.25) is 0 Å². The molecule has 3 nitrogen and oxygen atoms in total. The second-order valence-electron chi connectivity index (χ2n) is 5.89. The fourth-order valence-electron chi connectivity index (χ4n) is 3.22. The van der Waals surface area contributed by atoms with E-state index in [1.165, 1.54) is 11.1 Å². The largest absolute Gasteiger partial charge is 0.338 e. The van der Waals surface area contributed by atoms with Gasteiger partial charge in [-0.15, -0.1) is 0 Å². The Kier molecular flexibility index (Phi) is 5.77. The number of carbonyl (C=O) groups excluding carboxylic acids is 1. The molecule has 2 aromatic rings. The summed E-state index contributed by atoms with van der Waals surface area (Å²) in [7, 11) is 0. The van der Waals surface area contributed by atoms with Gasteiger partial charge in [0.25, 0.3) is 5.91 Å². The van der Waals surface area contributed by atoms with Gasteiger partial charge in [0.05, 0.1) is 6.04 Å². The van der Waals surface area contributed by atoms with E-state index in [9.17, 15) is 4.79 Å². The maximum absolute atomic E-state index is 12.0. The van der Waals surface area contributed by atoms with Crippen LogP contribution < -0.4 is 0 Å². The van der Waals surface area contributed by atoms with Gasteiger partial charge < -0.3 is 4.90 Å². The summed E-state index contributed by atoms with van der Waals surface area (Å²) in [4.78, 5) is 15.1. The van der Waals surface area contributed by atoms with Gasteiger partial charge in [0.1, 0.15) is 0 Å². The number of benzene rings is 2. The summed E-state index contributed by atoms with van der Waals surface area (Å²) in [6, 6.07) is 21.1. The first-order chi connectivity index (χ1) is 11.7. The fraction of sp³-hybridized carbons (Fsp3) is 0.316. The molecule has 2 aromatic carbocycles. The summed E-state index contributed by atoms with van der Waals surface area (Å²) >= 11 is 11.4. The van der Waals surface area contributed by atoms with E-state index in [1.807, 2.05) is 12.1 Å². The number of nitrogens with zero attached hydrogens (tertiary/aromatic N) is 2. The predicted molar refractivity (Wildman–Crippen MR) is 98.4 cm³/mol. The van der Waals surface area contributed by atoms with E-state index >= 15 is 0 Å². The van der Waals surface area contributed by atoms with E-state index in [4.69, 9.17) is 23.2 Å². The molecule has 0 atom stereocenters. The number of hydrogen-bond acceptors (Lipinski definition) is 2. The third kappa shape index (κ3) is 3.92. The van der Waals surface area contributed by atoms with E-state index in [0.29, 0.717) is 13.1 Å². The minimum absolute atomic E-state index is 0.187. The van der Waals surface area contributed by atoms with Crippen molar-refractivity contribution in [3.05, 3.63) is 71.8 Å². The van der Waals surface area contributed by atoms with Crippen molar-refractivity contribution in [1.82, 2.24) is 9.80 Å². The average Bonchev–Trinajstić information content (AvgIpc) is 2.64. The first kappa shape index (κ1) is 17.3. The van der Waals surface area contributed by atoms with Crippen LogP contribution >= 0.6 is 23.2 Å². The van der Waals surface area contributed by atoms with Crippen LogP contribution in [0.1, 0.15) is 17.2 Å². The molecule has 3 rings (SSSR count). The van der Waals surface area contributed by atoms with Crippen LogP contribution in [0.25, 0.3) is 0 Å². The standard InChI is InChI=1S/C19H20Cl2N2O/c20-18(21)19(24)23-13-11-22(12-14-23)17(15-7-3-1-4-8-15)16-9-5-2-6-10-16/h1-10,17-18H,11-14H2. The summed E-state index contributed by atoms with van der Waals surface area (Å²) in [5.74, 6) is -0.200. The molecule has 0 radical (unpaired) electrons. The van der Waals surface area contributed by atoms with E-state index < -0.39 is 4.84 Å². The molecule has 0 bridgehead atoms. The van der Waals surface area contributed by atoms with E-state index in [-0.39, 0.29) is 11.9 Å². The van der Waals surface area contributed by atoms with Crippen LogP contribution in [0.15, 0.2) is 60.7 Å². The van der Waals surface area contributed by atoms with Gasteiger partial charge in [-0.3, -0.25) is 9.69 Å². The van der Waals surface area contributed by atoms with Crippen molar-refractivity contribution in [2.75, 3.05) is 26.2 Å². The van der Waals surface area contributed by atoms with Crippen LogP contribution in [0.3, 0.4) is 0 Å². The zero-order chi connectivity index (χ0) is 16.9. The molecule has 0 saturated carbocycles. The molecule has 1 heterocycles. The van der Waals surface area contributed by atoms with Gasteiger partial charge in [-0.05, 0) is 11.1 Å². The third-order valence-electron chi connectivity index (χ3n) is 4.41. The van der Waals surface area contributed by atoms with Gasteiger partial charge in [-0.25, -0.2) is 0 Å². The lowest BCUT2D eigenvalue weighted by molar-refractivity contribution is -0.131. The van der Waals surface area contributed by atoms with Crippen molar-refractivity contribution in [2.45, 2.75) is 10.9 Å². The second-order valence-corrected chi connectivity index (χ2v) is 6.98. The van der Waals surface area contributed by atoms with Crippen LogP contribution in [0, 0.1) is 0 Å². The summed E-state index contributed by atoms with van der Waals surface area (Å²) in [6.07, 6.45) is 0. The van der Waals surface area contributed by atoms with Crippen molar-refractivity contribution in [3.63, 3.8) is 0 Å². The minimum atomic E-state index is -0.976. The SMILES string of the molecule is O=C(C(Cl)Cl)N1CCN(C(c2ccccc2)c2ccccc2)CC1. The Labute approximate surface area is 152 Å². The van der Waals surface area contributed by atoms with Gasteiger partial charge >= 0.3 is 0 Å². The molecule has 24 heavy (non-hydrogen) atoms. The molecule has 5 heteroatoms. The highest BCUT2D eigenvalue weighted by atomic mass is 35.5. The van der Waals surface area contributed by atoms with Crippen molar-refractivity contribution in [1.29, 1.82) is 0 Å². The van der Waals surface area contributed by atoms with Gasteiger partial charge in [0, 0.05) is 26.2 Å². The highest BCUT2D eigenvalue weighted by Gasteiger charge is 2.29. The number of halogens is 2. The minimum Gasteiger partial charge on any atom is -0.338 e. The summed E-state index contributed by atoms with van der Waals surface area (Å²) < 4.78 is 0. The molecule has 1 aliphatic rings. The third-order valence-corrected chi connectivity index (χ3v) is 4.78. The van der Waals surface area contributed by atoms with E-state index in [1.54, 1.807) is 4.90 Å². The number of hydrogen-bond donors (Lipinski definition) is 0. The highest BCUT2D eigenvalue weighted by Crippen LogP contribution is 2.29.